The molecule has 0 spiro atoms. The molecule has 2 aromatic rings. The van der Waals surface area contributed by atoms with Gasteiger partial charge in [0.2, 0.25) is 0 Å². The minimum atomic E-state index is -0.320. The zero-order chi connectivity index (χ0) is 13.2. The fourth-order valence-corrected chi connectivity index (χ4v) is 2.21. The van der Waals surface area contributed by atoms with Crippen LogP contribution in [0.15, 0.2) is 22.6 Å². The number of hydrogen-bond donors (Lipinski definition) is 1. The molecular formula is C14H16N2O3. The first-order valence-electron chi connectivity index (χ1n) is 6.58. The Bertz CT molecular complexity index is 600. The Morgan fingerprint density at radius 3 is 3.16 bits per heavy atom. The molecule has 1 aromatic heterocycles. The summed E-state index contributed by atoms with van der Waals surface area (Å²) in [6.07, 6.45) is 2.17. The molecule has 0 bridgehead atoms. The van der Waals surface area contributed by atoms with Crippen LogP contribution in [0.3, 0.4) is 0 Å². The molecule has 100 valence electrons. The lowest BCUT2D eigenvalue weighted by Gasteiger charge is -2.09. The van der Waals surface area contributed by atoms with Gasteiger partial charge >= 0.3 is 0 Å². The average molecular weight is 260 g/mol. The fraction of sp³-hybridized carbons (Fsp3) is 0.429. The lowest BCUT2D eigenvalue weighted by Crippen LogP contribution is -2.26. The molecule has 3 rings (SSSR count). The Hall–Kier alpha value is -1.88. The third-order valence-electron chi connectivity index (χ3n) is 3.22. The number of aryl methyl sites for hydroxylation is 1. The molecule has 2 heterocycles. The third kappa shape index (κ3) is 2.46. The monoisotopic (exact) mass is 260 g/mol. The van der Waals surface area contributed by atoms with Crippen LogP contribution in [0.2, 0.25) is 0 Å². The van der Waals surface area contributed by atoms with Crippen LogP contribution in [0.5, 0.6) is 0 Å². The van der Waals surface area contributed by atoms with E-state index >= 15 is 0 Å². The smallest absolute Gasteiger partial charge is 0.253 e. The SMILES string of the molecule is CCc1nc2cc(NC(=O)[C@H]3CCCO3)ccc2o1. The number of carbonyl (C=O) groups excluding carboxylic acids is 1. The standard InChI is InChI=1S/C14H16N2O3/c1-2-13-16-10-8-9(5-6-11(10)19-13)15-14(17)12-4-3-7-18-12/h5-6,8,12H,2-4,7H2,1H3,(H,15,17)/t12-/m1/s1. The maximum atomic E-state index is 11.9. The number of rotatable bonds is 3. The highest BCUT2D eigenvalue weighted by Gasteiger charge is 2.23. The maximum absolute atomic E-state index is 11.9. The second kappa shape index (κ2) is 5.01. The first-order chi connectivity index (χ1) is 9.26. The normalized spacial score (nSPS) is 18.9. The molecule has 1 amide bonds. The molecule has 1 fully saturated rings. The summed E-state index contributed by atoms with van der Waals surface area (Å²) >= 11 is 0. The molecule has 1 N–H and O–H groups in total. The summed E-state index contributed by atoms with van der Waals surface area (Å²) in [6, 6.07) is 5.47. The largest absolute Gasteiger partial charge is 0.441 e. The Morgan fingerprint density at radius 2 is 2.42 bits per heavy atom. The van der Waals surface area contributed by atoms with Gasteiger partial charge in [0.25, 0.3) is 5.91 Å². The Kier molecular flexibility index (Phi) is 3.21. The minimum Gasteiger partial charge on any atom is -0.441 e. The zero-order valence-electron chi connectivity index (χ0n) is 10.8. The van der Waals surface area contributed by atoms with Gasteiger partial charge in [-0.05, 0) is 31.0 Å². The van der Waals surface area contributed by atoms with Gasteiger partial charge < -0.3 is 14.5 Å². The lowest BCUT2D eigenvalue weighted by atomic mass is 10.2. The van der Waals surface area contributed by atoms with E-state index in [1.165, 1.54) is 0 Å². The van der Waals surface area contributed by atoms with Crippen LogP contribution in [-0.2, 0) is 16.0 Å². The summed E-state index contributed by atoms with van der Waals surface area (Å²) in [7, 11) is 0. The summed E-state index contributed by atoms with van der Waals surface area (Å²) in [6.45, 7) is 2.66. The van der Waals surface area contributed by atoms with E-state index in [0.717, 1.165) is 36.0 Å². The first kappa shape index (κ1) is 12.2. The van der Waals surface area contributed by atoms with Crippen LogP contribution in [-0.4, -0.2) is 23.6 Å². The summed E-state index contributed by atoms with van der Waals surface area (Å²) in [5.41, 5.74) is 2.23. The number of benzene rings is 1. The molecule has 1 aliphatic rings. The van der Waals surface area contributed by atoms with Gasteiger partial charge in [-0.25, -0.2) is 4.98 Å². The van der Waals surface area contributed by atoms with Crippen LogP contribution in [0.4, 0.5) is 5.69 Å². The van der Waals surface area contributed by atoms with Gasteiger partial charge in [0.05, 0.1) is 0 Å². The molecule has 1 saturated heterocycles. The van der Waals surface area contributed by atoms with Crippen molar-refractivity contribution in [1.82, 2.24) is 4.98 Å². The second-order valence-corrected chi connectivity index (χ2v) is 4.63. The third-order valence-corrected chi connectivity index (χ3v) is 3.22. The van der Waals surface area contributed by atoms with Crippen LogP contribution in [0.25, 0.3) is 11.1 Å². The number of carbonyl (C=O) groups is 1. The molecule has 1 atom stereocenters. The van der Waals surface area contributed by atoms with Gasteiger partial charge in [0.1, 0.15) is 11.6 Å². The number of nitrogens with zero attached hydrogens (tertiary/aromatic N) is 1. The van der Waals surface area contributed by atoms with Crippen molar-refractivity contribution in [3.8, 4) is 0 Å². The summed E-state index contributed by atoms with van der Waals surface area (Å²) in [5, 5.41) is 2.86. The molecular weight excluding hydrogens is 244 g/mol. The van der Waals surface area contributed by atoms with E-state index in [2.05, 4.69) is 10.3 Å². The van der Waals surface area contributed by atoms with E-state index in [4.69, 9.17) is 9.15 Å². The zero-order valence-corrected chi connectivity index (χ0v) is 10.8. The first-order valence-corrected chi connectivity index (χ1v) is 6.58. The number of nitrogens with one attached hydrogen (secondary N) is 1. The van der Waals surface area contributed by atoms with Crippen molar-refractivity contribution >= 4 is 22.7 Å². The predicted octanol–water partition coefficient (Wildman–Crippen LogP) is 2.51. The molecule has 5 heteroatoms. The van der Waals surface area contributed by atoms with Crippen LogP contribution in [0, 0.1) is 0 Å². The van der Waals surface area contributed by atoms with Gasteiger partial charge in [-0.2, -0.15) is 0 Å². The number of oxazole rings is 1. The topological polar surface area (TPSA) is 64.4 Å². The van der Waals surface area contributed by atoms with E-state index < -0.39 is 0 Å². The highest BCUT2D eigenvalue weighted by atomic mass is 16.5. The van der Waals surface area contributed by atoms with Crippen molar-refractivity contribution in [3.63, 3.8) is 0 Å². The number of amides is 1. The summed E-state index contributed by atoms with van der Waals surface area (Å²) < 4.78 is 10.9. The molecule has 0 saturated carbocycles. The maximum Gasteiger partial charge on any atom is 0.253 e. The molecule has 5 nitrogen and oxygen atoms in total. The molecule has 1 aliphatic heterocycles. The van der Waals surface area contributed by atoms with Crippen LogP contribution >= 0.6 is 0 Å². The minimum absolute atomic E-state index is 0.0870. The molecule has 0 aliphatic carbocycles. The van der Waals surface area contributed by atoms with Crippen molar-refractivity contribution in [2.24, 2.45) is 0 Å². The Labute approximate surface area is 111 Å². The van der Waals surface area contributed by atoms with Crippen LogP contribution < -0.4 is 5.32 Å². The summed E-state index contributed by atoms with van der Waals surface area (Å²) in [5.74, 6) is 0.619. The van der Waals surface area contributed by atoms with Crippen molar-refractivity contribution in [3.05, 3.63) is 24.1 Å². The van der Waals surface area contributed by atoms with E-state index in [9.17, 15) is 4.79 Å². The Balaban J connectivity index is 1.78. The van der Waals surface area contributed by atoms with E-state index in [0.29, 0.717) is 12.5 Å². The molecule has 19 heavy (non-hydrogen) atoms. The lowest BCUT2D eigenvalue weighted by molar-refractivity contribution is -0.124. The predicted molar refractivity (Wildman–Crippen MR) is 71.0 cm³/mol. The second-order valence-electron chi connectivity index (χ2n) is 4.63. The van der Waals surface area contributed by atoms with E-state index in [1.807, 2.05) is 25.1 Å². The number of fused-ring (bicyclic) bond motifs is 1. The molecule has 0 unspecified atom stereocenters. The van der Waals surface area contributed by atoms with Crippen molar-refractivity contribution in [2.45, 2.75) is 32.3 Å². The van der Waals surface area contributed by atoms with Gasteiger partial charge in [-0.3, -0.25) is 4.79 Å². The highest BCUT2D eigenvalue weighted by Crippen LogP contribution is 2.21. The van der Waals surface area contributed by atoms with Crippen LogP contribution in [0.1, 0.15) is 25.7 Å². The average Bonchev–Trinajstić information content (AvgIpc) is 3.07. The molecule has 0 radical (unpaired) electrons. The van der Waals surface area contributed by atoms with E-state index in [1.54, 1.807) is 0 Å². The number of ether oxygens (including phenoxy) is 1. The highest BCUT2D eigenvalue weighted by molar-refractivity contribution is 5.95. The number of hydrogen-bond acceptors (Lipinski definition) is 4. The number of aromatic nitrogens is 1. The van der Waals surface area contributed by atoms with Gasteiger partial charge in [-0.1, -0.05) is 6.92 Å². The van der Waals surface area contributed by atoms with Crippen molar-refractivity contribution in [2.75, 3.05) is 11.9 Å². The number of anilines is 1. The fourth-order valence-electron chi connectivity index (χ4n) is 2.21. The molecule has 1 aromatic carbocycles. The van der Waals surface area contributed by atoms with Gasteiger partial charge in [0, 0.05) is 18.7 Å². The van der Waals surface area contributed by atoms with Gasteiger partial charge in [0.15, 0.2) is 11.5 Å². The summed E-state index contributed by atoms with van der Waals surface area (Å²) in [4.78, 5) is 16.3. The Morgan fingerprint density at radius 1 is 1.53 bits per heavy atom. The van der Waals surface area contributed by atoms with Crippen molar-refractivity contribution < 1.29 is 13.9 Å². The van der Waals surface area contributed by atoms with E-state index in [-0.39, 0.29) is 12.0 Å². The van der Waals surface area contributed by atoms with Gasteiger partial charge in [-0.15, -0.1) is 0 Å². The van der Waals surface area contributed by atoms with Crippen molar-refractivity contribution in [1.29, 1.82) is 0 Å². The quantitative estimate of drug-likeness (QED) is 0.921.